The number of aliphatic hydroxyl groups excluding tert-OH is 1. The molecule has 4 aliphatic carbocycles. The summed E-state index contributed by atoms with van der Waals surface area (Å²) in [6.45, 7) is 4.59. The quantitative estimate of drug-likeness (QED) is 0.733. The fourth-order valence-electron chi connectivity index (χ4n) is 7.04. The average molecular weight is 290 g/mol. The Morgan fingerprint density at radius 3 is 2.67 bits per heavy atom. The van der Waals surface area contributed by atoms with Gasteiger partial charge in [0.05, 0.1) is 11.5 Å². The van der Waals surface area contributed by atoms with Crippen molar-refractivity contribution in [2.75, 3.05) is 0 Å². The zero-order valence-electron chi connectivity index (χ0n) is 13.6. The maximum absolute atomic E-state index is 12.4. The van der Waals surface area contributed by atoms with Gasteiger partial charge < -0.3 is 5.11 Å². The van der Waals surface area contributed by atoms with Gasteiger partial charge >= 0.3 is 0 Å². The summed E-state index contributed by atoms with van der Waals surface area (Å²) >= 11 is 0. The highest BCUT2D eigenvalue weighted by Crippen LogP contribution is 2.65. The number of fused-ring (bicyclic) bond motifs is 5. The summed E-state index contributed by atoms with van der Waals surface area (Å²) in [5.41, 5.74) is 0.0220. The van der Waals surface area contributed by atoms with Crippen molar-refractivity contribution >= 4 is 5.78 Å². The Labute approximate surface area is 128 Å². The Hall–Kier alpha value is -0.370. The maximum atomic E-state index is 12.4. The van der Waals surface area contributed by atoms with Gasteiger partial charge in [0, 0.05) is 6.42 Å². The van der Waals surface area contributed by atoms with Crippen molar-refractivity contribution in [1.82, 2.24) is 0 Å². The average Bonchev–Trinajstić information content (AvgIpc) is 2.77. The minimum atomic E-state index is -0.418. The standard InChI is InChI=1S/C19H30O2/c1-18-10-4-3-5-12(18)6-7-13-14-8-9-16(20)19(14,2)17(21)11-15(13)18/h12-15,17,21H,3-11H2,1-2H3/t12?,13-,14-,15-,17+,18-,19-/m0/s1. The van der Waals surface area contributed by atoms with Gasteiger partial charge in [0.2, 0.25) is 0 Å². The molecule has 1 N–H and O–H groups in total. The van der Waals surface area contributed by atoms with Crippen LogP contribution in [0.1, 0.15) is 71.6 Å². The molecule has 4 fully saturated rings. The molecule has 7 atom stereocenters. The number of carbonyl (C=O) groups excluding carboxylic acids is 1. The van der Waals surface area contributed by atoms with Crippen LogP contribution < -0.4 is 0 Å². The van der Waals surface area contributed by atoms with Crippen molar-refractivity contribution in [3.63, 3.8) is 0 Å². The number of aliphatic hydroxyl groups is 1. The number of hydrogen-bond acceptors (Lipinski definition) is 2. The summed E-state index contributed by atoms with van der Waals surface area (Å²) in [7, 11) is 0. The van der Waals surface area contributed by atoms with Crippen LogP contribution in [0.25, 0.3) is 0 Å². The lowest BCUT2D eigenvalue weighted by molar-refractivity contribution is -0.164. The zero-order chi connectivity index (χ0) is 14.8. The number of ketones is 1. The molecule has 0 aromatic carbocycles. The molecule has 4 rings (SSSR count). The molecule has 0 amide bonds. The molecule has 0 saturated heterocycles. The predicted molar refractivity (Wildman–Crippen MR) is 82.7 cm³/mol. The van der Waals surface area contributed by atoms with Crippen LogP contribution in [0.4, 0.5) is 0 Å². The van der Waals surface area contributed by atoms with Gasteiger partial charge in [-0.3, -0.25) is 4.79 Å². The van der Waals surface area contributed by atoms with E-state index in [1.807, 2.05) is 0 Å². The van der Waals surface area contributed by atoms with E-state index in [-0.39, 0.29) is 0 Å². The van der Waals surface area contributed by atoms with Gasteiger partial charge in [-0.05, 0) is 74.5 Å². The van der Waals surface area contributed by atoms with Crippen LogP contribution >= 0.6 is 0 Å². The monoisotopic (exact) mass is 290 g/mol. The maximum Gasteiger partial charge on any atom is 0.141 e. The number of Topliss-reactive ketones (excluding diaryl/α,β-unsaturated/α-hetero) is 1. The van der Waals surface area contributed by atoms with Crippen LogP contribution in [-0.4, -0.2) is 17.0 Å². The number of carbonyl (C=O) groups is 1. The van der Waals surface area contributed by atoms with Crippen LogP contribution in [0.3, 0.4) is 0 Å². The van der Waals surface area contributed by atoms with E-state index in [4.69, 9.17) is 0 Å². The Morgan fingerprint density at radius 1 is 1.05 bits per heavy atom. The van der Waals surface area contributed by atoms with Crippen LogP contribution in [0.5, 0.6) is 0 Å². The smallest absolute Gasteiger partial charge is 0.141 e. The summed E-state index contributed by atoms with van der Waals surface area (Å²) < 4.78 is 0. The molecule has 2 heteroatoms. The Balaban J connectivity index is 1.70. The first-order chi connectivity index (χ1) is 9.98. The highest BCUT2D eigenvalue weighted by molar-refractivity contribution is 5.87. The summed E-state index contributed by atoms with van der Waals surface area (Å²) in [5, 5.41) is 10.8. The molecule has 0 bridgehead atoms. The molecule has 0 aromatic rings. The fraction of sp³-hybridized carbons (Fsp3) is 0.947. The molecule has 0 aromatic heterocycles. The topological polar surface area (TPSA) is 37.3 Å². The van der Waals surface area contributed by atoms with Crippen molar-refractivity contribution in [1.29, 1.82) is 0 Å². The lowest BCUT2D eigenvalue weighted by Crippen LogP contribution is -2.57. The van der Waals surface area contributed by atoms with E-state index < -0.39 is 11.5 Å². The molecule has 4 saturated carbocycles. The summed E-state index contributed by atoms with van der Waals surface area (Å²) in [6, 6.07) is 0. The second-order valence-electron chi connectivity index (χ2n) is 8.90. The molecule has 4 aliphatic rings. The lowest BCUT2D eigenvalue weighted by atomic mass is 9.45. The van der Waals surface area contributed by atoms with Gasteiger partial charge in [-0.15, -0.1) is 0 Å². The summed E-state index contributed by atoms with van der Waals surface area (Å²) in [5.74, 6) is 3.04. The first-order valence-electron chi connectivity index (χ1n) is 9.19. The molecule has 0 heterocycles. The minimum absolute atomic E-state index is 0.342. The van der Waals surface area contributed by atoms with E-state index in [0.717, 1.165) is 18.8 Å². The Bertz CT molecular complexity index is 458. The van der Waals surface area contributed by atoms with Crippen molar-refractivity contribution in [3.8, 4) is 0 Å². The van der Waals surface area contributed by atoms with E-state index >= 15 is 0 Å². The van der Waals surface area contributed by atoms with Crippen molar-refractivity contribution in [2.24, 2.45) is 34.5 Å². The van der Waals surface area contributed by atoms with E-state index in [9.17, 15) is 9.90 Å². The Kier molecular flexibility index (Phi) is 3.10. The summed E-state index contributed by atoms with van der Waals surface area (Å²) in [6.07, 6.45) is 10.4. The van der Waals surface area contributed by atoms with Crippen molar-refractivity contribution in [3.05, 3.63) is 0 Å². The molecule has 0 radical (unpaired) electrons. The highest BCUT2D eigenvalue weighted by Gasteiger charge is 2.62. The molecular formula is C19H30O2. The first-order valence-corrected chi connectivity index (χ1v) is 9.19. The highest BCUT2D eigenvalue weighted by atomic mass is 16.3. The third-order valence-electron chi connectivity index (χ3n) is 8.40. The van der Waals surface area contributed by atoms with Crippen LogP contribution in [-0.2, 0) is 4.79 Å². The van der Waals surface area contributed by atoms with Crippen molar-refractivity contribution < 1.29 is 9.90 Å². The SMILES string of the molecule is C[C@@]12C(=O)CC[C@H]1[C@@H]1CCC3CCCC[C@]3(C)[C@H]1C[C@H]2O. The van der Waals surface area contributed by atoms with E-state index in [0.29, 0.717) is 35.4 Å². The zero-order valence-corrected chi connectivity index (χ0v) is 13.6. The van der Waals surface area contributed by atoms with E-state index in [1.165, 1.54) is 38.5 Å². The molecule has 2 nitrogen and oxygen atoms in total. The molecular weight excluding hydrogens is 260 g/mol. The third kappa shape index (κ3) is 1.72. The molecule has 21 heavy (non-hydrogen) atoms. The lowest BCUT2D eigenvalue weighted by Gasteiger charge is -2.60. The van der Waals surface area contributed by atoms with Gasteiger partial charge in [0.1, 0.15) is 5.78 Å². The first kappa shape index (κ1) is 14.2. The molecule has 118 valence electrons. The molecule has 0 spiro atoms. The third-order valence-corrected chi connectivity index (χ3v) is 8.40. The normalized spacial score (nSPS) is 56.5. The van der Waals surface area contributed by atoms with Crippen LogP contribution in [0.2, 0.25) is 0 Å². The molecule has 0 aliphatic heterocycles. The second kappa shape index (κ2) is 4.57. The van der Waals surface area contributed by atoms with Gasteiger partial charge in [-0.1, -0.05) is 19.8 Å². The second-order valence-corrected chi connectivity index (χ2v) is 8.90. The van der Waals surface area contributed by atoms with Gasteiger partial charge in [-0.25, -0.2) is 0 Å². The van der Waals surface area contributed by atoms with Crippen molar-refractivity contribution in [2.45, 2.75) is 77.7 Å². The number of rotatable bonds is 0. The largest absolute Gasteiger partial charge is 0.392 e. The summed E-state index contributed by atoms with van der Waals surface area (Å²) in [4.78, 5) is 12.4. The minimum Gasteiger partial charge on any atom is -0.392 e. The van der Waals surface area contributed by atoms with E-state index in [2.05, 4.69) is 13.8 Å². The predicted octanol–water partition coefficient (Wildman–Crippen LogP) is 3.96. The van der Waals surface area contributed by atoms with Gasteiger partial charge in [-0.2, -0.15) is 0 Å². The molecule has 1 unspecified atom stereocenters. The van der Waals surface area contributed by atoms with Gasteiger partial charge in [0.15, 0.2) is 0 Å². The van der Waals surface area contributed by atoms with E-state index in [1.54, 1.807) is 0 Å². The van der Waals surface area contributed by atoms with Crippen LogP contribution in [0, 0.1) is 34.5 Å². The Morgan fingerprint density at radius 2 is 1.86 bits per heavy atom. The fourth-order valence-corrected chi connectivity index (χ4v) is 7.04. The number of hydrogen-bond donors (Lipinski definition) is 1. The van der Waals surface area contributed by atoms with Gasteiger partial charge in [0.25, 0.3) is 0 Å². The van der Waals surface area contributed by atoms with Crippen LogP contribution in [0.15, 0.2) is 0 Å².